The maximum Gasteiger partial charge on any atom is 0.109 e. The normalized spacial score (nSPS) is 13.0. The summed E-state index contributed by atoms with van der Waals surface area (Å²) in [5, 5.41) is 0.608. The zero-order chi connectivity index (χ0) is 9.14. The van der Waals surface area contributed by atoms with Crippen LogP contribution in [0.15, 0.2) is 22.7 Å². The van der Waals surface area contributed by atoms with Crippen molar-refractivity contribution in [3.05, 3.63) is 33.3 Å². The lowest BCUT2D eigenvalue weighted by atomic mass is 10.1. The molecule has 0 aliphatic heterocycles. The van der Waals surface area contributed by atoms with Crippen LogP contribution in [0, 0.1) is 0 Å². The minimum Gasteiger partial charge on any atom is -0.322 e. The number of hydrogen-bond donors (Lipinski definition) is 1. The first kappa shape index (κ1) is 9.96. The second kappa shape index (κ2) is 4.21. The Morgan fingerprint density at radius 3 is 2.75 bits per heavy atom. The molecule has 0 heterocycles. The molecule has 0 unspecified atom stereocenters. The molecule has 1 nitrogen and oxygen atoms in total. The molecule has 0 aliphatic rings. The fourth-order valence-corrected chi connectivity index (χ4v) is 1.86. The van der Waals surface area contributed by atoms with Crippen molar-refractivity contribution in [1.82, 2.24) is 0 Å². The van der Waals surface area contributed by atoms with Crippen molar-refractivity contribution in [2.45, 2.75) is 6.04 Å². The maximum absolute atomic E-state index is 12.2. The fourth-order valence-electron chi connectivity index (χ4n) is 0.885. The number of benzene rings is 1. The molecule has 1 aromatic rings. The number of nitrogens with two attached hydrogens (primary N) is 1. The van der Waals surface area contributed by atoms with Crippen LogP contribution in [-0.2, 0) is 0 Å². The zero-order valence-electron chi connectivity index (χ0n) is 6.23. The van der Waals surface area contributed by atoms with Gasteiger partial charge in [-0.15, -0.1) is 0 Å². The molecule has 0 aliphatic carbocycles. The SMILES string of the molecule is N[C@@H](CF)c1ccc(Cl)cc1Br. The first-order valence-corrected chi connectivity index (χ1v) is 4.58. The number of halogens is 3. The summed E-state index contributed by atoms with van der Waals surface area (Å²) < 4.78 is 12.9. The van der Waals surface area contributed by atoms with Crippen molar-refractivity contribution in [3.8, 4) is 0 Å². The van der Waals surface area contributed by atoms with Crippen LogP contribution in [0.25, 0.3) is 0 Å². The molecule has 0 saturated heterocycles. The largest absolute Gasteiger partial charge is 0.322 e. The molecule has 1 aromatic carbocycles. The van der Waals surface area contributed by atoms with Crippen LogP contribution in [0.5, 0.6) is 0 Å². The third-order valence-electron chi connectivity index (χ3n) is 1.53. The van der Waals surface area contributed by atoms with Crippen molar-refractivity contribution < 1.29 is 4.39 Å². The lowest BCUT2D eigenvalue weighted by molar-refractivity contribution is 0.436. The lowest BCUT2D eigenvalue weighted by Gasteiger charge is -2.09. The van der Waals surface area contributed by atoms with Gasteiger partial charge in [0.15, 0.2) is 0 Å². The average Bonchev–Trinajstić information content (AvgIpc) is 2.03. The van der Waals surface area contributed by atoms with E-state index in [4.69, 9.17) is 17.3 Å². The Morgan fingerprint density at radius 1 is 1.58 bits per heavy atom. The van der Waals surface area contributed by atoms with Crippen LogP contribution in [0.4, 0.5) is 4.39 Å². The van der Waals surface area contributed by atoms with Gasteiger partial charge in [-0.05, 0) is 17.7 Å². The van der Waals surface area contributed by atoms with Crippen LogP contribution >= 0.6 is 27.5 Å². The second-order valence-corrected chi connectivity index (χ2v) is 3.72. The molecule has 0 bridgehead atoms. The van der Waals surface area contributed by atoms with Gasteiger partial charge in [-0.1, -0.05) is 33.6 Å². The van der Waals surface area contributed by atoms with E-state index in [9.17, 15) is 4.39 Å². The molecule has 0 amide bonds. The van der Waals surface area contributed by atoms with E-state index >= 15 is 0 Å². The maximum atomic E-state index is 12.2. The monoisotopic (exact) mass is 251 g/mol. The second-order valence-electron chi connectivity index (χ2n) is 2.43. The summed E-state index contributed by atoms with van der Waals surface area (Å²) in [6, 6.07) is 4.54. The van der Waals surface area contributed by atoms with Gasteiger partial charge in [-0.25, -0.2) is 4.39 Å². The molecular weight excluding hydrogens is 244 g/mol. The molecule has 1 rings (SSSR count). The Labute approximate surface area is 83.8 Å². The van der Waals surface area contributed by atoms with E-state index in [0.717, 1.165) is 10.0 Å². The van der Waals surface area contributed by atoms with Gasteiger partial charge in [0.05, 0.1) is 6.04 Å². The highest BCUT2D eigenvalue weighted by molar-refractivity contribution is 9.10. The Hall–Kier alpha value is -0.120. The summed E-state index contributed by atoms with van der Waals surface area (Å²) in [6.45, 7) is -0.569. The van der Waals surface area contributed by atoms with E-state index < -0.39 is 12.7 Å². The third kappa shape index (κ3) is 2.19. The van der Waals surface area contributed by atoms with Gasteiger partial charge in [0.1, 0.15) is 6.67 Å². The first-order valence-electron chi connectivity index (χ1n) is 3.41. The molecule has 0 radical (unpaired) electrons. The van der Waals surface area contributed by atoms with Crippen LogP contribution in [0.1, 0.15) is 11.6 Å². The van der Waals surface area contributed by atoms with E-state index in [1.54, 1.807) is 18.2 Å². The Morgan fingerprint density at radius 2 is 2.25 bits per heavy atom. The topological polar surface area (TPSA) is 26.0 Å². The van der Waals surface area contributed by atoms with Crippen molar-refractivity contribution in [2.75, 3.05) is 6.67 Å². The van der Waals surface area contributed by atoms with E-state index in [1.807, 2.05) is 0 Å². The molecule has 0 saturated carbocycles. The minimum absolute atomic E-state index is 0.569. The number of hydrogen-bond acceptors (Lipinski definition) is 1. The van der Waals surface area contributed by atoms with Crippen molar-refractivity contribution in [2.24, 2.45) is 5.73 Å². The van der Waals surface area contributed by atoms with E-state index in [2.05, 4.69) is 15.9 Å². The summed E-state index contributed by atoms with van der Waals surface area (Å²) in [6.07, 6.45) is 0. The number of alkyl halides is 1. The third-order valence-corrected chi connectivity index (χ3v) is 2.45. The standard InChI is InChI=1S/C8H8BrClFN/c9-7-3-5(10)1-2-6(7)8(12)4-11/h1-3,8H,4,12H2/t8-/m0/s1. The predicted molar refractivity (Wildman–Crippen MR) is 52.1 cm³/mol. The molecule has 1 atom stereocenters. The van der Waals surface area contributed by atoms with E-state index in [0.29, 0.717) is 5.02 Å². The zero-order valence-corrected chi connectivity index (χ0v) is 8.57. The highest BCUT2D eigenvalue weighted by Gasteiger charge is 2.08. The number of rotatable bonds is 2. The lowest BCUT2D eigenvalue weighted by Crippen LogP contribution is -2.12. The predicted octanol–water partition coefficient (Wildman–Crippen LogP) is 3.07. The smallest absolute Gasteiger partial charge is 0.109 e. The average molecular weight is 253 g/mol. The van der Waals surface area contributed by atoms with Crippen molar-refractivity contribution in [1.29, 1.82) is 0 Å². The molecule has 12 heavy (non-hydrogen) atoms. The highest BCUT2D eigenvalue weighted by Crippen LogP contribution is 2.25. The summed E-state index contributed by atoms with van der Waals surface area (Å²) in [5.41, 5.74) is 6.23. The summed E-state index contributed by atoms with van der Waals surface area (Å²) in [4.78, 5) is 0. The molecular formula is C8H8BrClFN. The Bertz CT molecular complexity index is 280. The molecule has 0 spiro atoms. The quantitative estimate of drug-likeness (QED) is 0.860. The van der Waals surface area contributed by atoms with E-state index in [-0.39, 0.29) is 0 Å². The first-order chi connectivity index (χ1) is 5.65. The molecule has 4 heteroatoms. The Kier molecular flexibility index (Phi) is 3.50. The fraction of sp³-hybridized carbons (Fsp3) is 0.250. The van der Waals surface area contributed by atoms with Gasteiger partial charge < -0.3 is 5.73 Å². The van der Waals surface area contributed by atoms with Crippen LogP contribution in [-0.4, -0.2) is 6.67 Å². The summed E-state index contributed by atoms with van der Waals surface area (Å²) in [5.74, 6) is 0. The van der Waals surface area contributed by atoms with Gasteiger partial charge in [0.25, 0.3) is 0 Å². The van der Waals surface area contributed by atoms with E-state index in [1.165, 1.54) is 0 Å². The molecule has 0 fully saturated rings. The summed E-state index contributed by atoms with van der Waals surface area (Å²) in [7, 11) is 0. The van der Waals surface area contributed by atoms with Crippen LogP contribution in [0.3, 0.4) is 0 Å². The molecule has 66 valence electrons. The minimum atomic E-state index is -0.573. The van der Waals surface area contributed by atoms with Gasteiger partial charge in [0, 0.05) is 9.50 Å². The highest BCUT2D eigenvalue weighted by atomic mass is 79.9. The van der Waals surface area contributed by atoms with Crippen LogP contribution < -0.4 is 5.73 Å². The molecule has 2 N–H and O–H groups in total. The van der Waals surface area contributed by atoms with Crippen LogP contribution in [0.2, 0.25) is 5.02 Å². The summed E-state index contributed by atoms with van der Waals surface area (Å²) >= 11 is 8.96. The van der Waals surface area contributed by atoms with Gasteiger partial charge in [-0.2, -0.15) is 0 Å². The Balaban J connectivity index is 3.01. The van der Waals surface area contributed by atoms with Gasteiger partial charge in [0.2, 0.25) is 0 Å². The van der Waals surface area contributed by atoms with Crippen molar-refractivity contribution >= 4 is 27.5 Å². The van der Waals surface area contributed by atoms with Crippen molar-refractivity contribution in [3.63, 3.8) is 0 Å². The van der Waals surface area contributed by atoms with Gasteiger partial charge in [-0.3, -0.25) is 0 Å². The van der Waals surface area contributed by atoms with Gasteiger partial charge >= 0.3 is 0 Å². The molecule has 0 aromatic heterocycles.